The Hall–Kier alpha value is -2.82. The quantitative estimate of drug-likeness (QED) is 0.654. The van der Waals surface area contributed by atoms with Crippen LogP contribution in [0.25, 0.3) is 11.0 Å². The second-order valence-corrected chi connectivity index (χ2v) is 6.19. The number of imidazole rings is 1. The third-order valence-corrected chi connectivity index (χ3v) is 4.66. The number of para-hydroxylation sites is 2. The third-order valence-electron chi connectivity index (χ3n) is 4.66. The molecule has 3 aromatic rings. The predicted molar refractivity (Wildman–Crippen MR) is 103 cm³/mol. The van der Waals surface area contributed by atoms with Gasteiger partial charge in [0.25, 0.3) is 0 Å². The maximum Gasteiger partial charge on any atom is 0.242 e. The second-order valence-electron chi connectivity index (χ2n) is 6.19. The zero-order valence-corrected chi connectivity index (χ0v) is 15.6. The number of amides is 1. The Morgan fingerprint density at radius 3 is 2.42 bits per heavy atom. The summed E-state index contributed by atoms with van der Waals surface area (Å²) in [4.78, 5) is 19.3. The van der Waals surface area contributed by atoms with E-state index in [1.54, 1.807) is 7.11 Å². The smallest absolute Gasteiger partial charge is 0.242 e. The lowest BCUT2D eigenvalue weighted by Crippen LogP contribution is -2.33. The molecule has 3 rings (SSSR count). The first-order valence-corrected chi connectivity index (χ1v) is 9.01. The molecule has 26 heavy (non-hydrogen) atoms. The number of carbonyl (C=O) groups is 1. The van der Waals surface area contributed by atoms with Gasteiger partial charge in [0.2, 0.25) is 5.91 Å². The summed E-state index contributed by atoms with van der Waals surface area (Å²) in [5.74, 6) is 1.85. The normalized spacial score (nSPS) is 10.9. The van der Waals surface area contributed by atoms with Crippen LogP contribution < -0.4 is 4.74 Å². The molecule has 0 radical (unpaired) electrons. The van der Waals surface area contributed by atoms with Gasteiger partial charge < -0.3 is 14.2 Å². The Labute approximate surface area is 154 Å². The van der Waals surface area contributed by atoms with Gasteiger partial charge in [0.15, 0.2) is 0 Å². The van der Waals surface area contributed by atoms with Gasteiger partial charge in [0, 0.05) is 19.5 Å². The third kappa shape index (κ3) is 3.72. The summed E-state index contributed by atoms with van der Waals surface area (Å²) in [7, 11) is 1.66. The summed E-state index contributed by atoms with van der Waals surface area (Å²) in [6.45, 7) is 5.76. The molecule has 0 saturated heterocycles. The summed E-state index contributed by atoms with van der Waals surface area (Å²) in [5.41, 5.74) is 3.05. The first kappa shape index (κ1) is 18.0. The second kappa shape index (κ2) is 8.04. The number of nitrogens with zero attached hydrogens (tertiary/aromatic N) is 3. The molecule has 0 aliphatic rings. The van der Waals surface area contributed by atoms with Crippen LogP contribution >= 0.6 is 0 Å². The minimum absolute atomic E-state index is 0.120. The first-order chi connectivity index (χ1) is 12.7. The van der Waals surface area contributed by atoms with Crippen molar-refractivity contribution in [3.8, 4) is 5.75 Å². The number of rotatable bonds is 7. The summed E-state index contributed by atoms with van der Waals surface area (Å²) in [6.07, 6.45) is 0.671. The van der Waals surface area contributed by atoms with Crippen molar-refractivity contribution in [3.63, 3.8) is 0 Å². The maximum atomic E-state index is 12.7. The first-order valence-electron chi connectivity index (χ1n) is 9.01. The molecule has 0 N–H and O–H groups in total. The van der Waals surface area contributed by atoms with Gasteiger partial charge in [-0.05, 0) is 43.7 Å². The number of hydrogen-bond donors (Lipinski definition) is 0. The standard InChI is InChI=1S/C21H25N3O2/c1-4-23(5-2)21(25)15-24-19-9-7-6-8-18(19)22-20(24)14-16-10-12-17(26-3)13-11-16/h6-13H,4-5,14-15H2,1-3H3. The fourth-order valence-electron chi connectivity index (χ4n) is 3.17. The molecule has 1 amide bonds. The molecule has 0 aliphatic carbocycles. The summed E-state index contributed by atoms with van der Waals surface area (Å²) < 4.78 is 7.27. The van der Waals surface area contributed by atoms with Gasteiger partial charge >= 0.3 is 0 Å². The van der Waals surface area contributed by atoms with Crippen molar-refractivity contribution < 1.29 is 9.53 Å². The SMILES string of the molecule is CCN(CC)C(=O)Cn1c(Cc2ccc(OC)cc2)nc2ccccc21. The molecule has 0 atom stereocenters. The van der Waals surface area contributed by atoms with E-state index in [4.69, 9.17) is 9.72 Å². The highest BCUT2D eigenvalue weighted by Gasteiger charge is 2.16. The maximum absolute atomic E-state index is 12.7. The minimum Gasteiger partial charge on any atom is -0.497 e. The number of benzene rings is 2. The molecule has 2 aromatic carbocycles. The van der Waals surface area contributed by atoms with Crippen molar-refractivity contribution in [2.75, 3.05) is 20.2 Å². The Kier molecular flexibility index (Phi) is 5.56. The molecule has 5 heteroatoms. The number of carbonyl (C=O) groups excluding carboxylic acids is 1. The Morgan fingerprint density at radius 1 is 1.08 bits per heavy atom. The van der Waals surface area contributed by atoms with Gasteiger partial charge in [-0.3, -0.25) is 4.79 Å². The lowest BCUT2D eigenvalue weighted by atomic mass is 10.1. The Morgan fingerprint density at radius 2 is 1.77 bits per heavy atom. The number of hydrogen-bond acceptors (Lipinski definition) is 3. The van der Waals surface area contributed by atoms with E-state index in [0.29, 0.717) is 13.0 Å². The summed E-state index contributed by atoms with van der Waals surface area (Å²) in [5, 5.41) is 0. The van der Waals surface area contributed by atoms with E-state index in [9.17, 15) is 4.79 Å². The topological polar surface area (TPSA) is 47.4 Å². The van der Waals surface area contributed by atoms with Crippen molar-refractivity contribution in [3.05, 3.63) is 59.9 Å². The molecule has 1 aromatic heterocycles. The number of ether oxygens (including phenoxy) is 1. The monoisotopic (exact) mass is 351 g/mol. The molecule has 0 aliphatic heterocycles. The van der Waals surface area contributed by atoms with E-state index in [1.165, 1.54) is 0 Å². The lowest BCUT2D eigenvalue weighted by Gasteiger charge is -2.20. The summed E-state index contributed by atoms with van der Waals surface area (Å²) >= 11 is 0. The highest BCUT2D eigenvalue weighted by atomic mass is 16.5. The van der Waals surface area contributed by atoms with Crippen LogP contribution in [-0.4, -0.2) is 40.6 Å². The highest BCUT2D eigenvalue weighted by Crippen LogP contribution is 2.20. The molecule has 1 heterocycles. The molecule has 5 nitrogen and oxygen atoms in total. The van der Waals surface area contributed by atoms with Crippen LogP contribution in [0.4, 0.5) is 0 Å². The molecule has 0 bridgehead atoms. The van der Waals surface area contributed by atoms with E-state index >= 15 is 0 Å². The van der Waals surface area contributed by atoms with Crippen molar-refractivity contribution in [2.24, 2.45) is 0 Å². The van der Waals surface area contributed by atoms with Crippen LogP contribution in [0, 0.1) is 0 Å². The van der Waals surface area contributed by atoms with E-state index in [2.05, 4.69) is 0 Å². The van der Waals surface area contributed by atoms with Gasteiger partial charge in [0.1, 0.15) is 18.1 Å². The van der Waals surface area contributed by atoms with Gasteiger partial charge in [-0.15, -0.1) is 0 Å². The van der Waals surface area contributed by atoms with Crippen LogP contribution in [0.3, 0.4) is 0 Å². The number of methoxy groups -OCH3 is 1. The zero-order valence-electron chi connectivity index (χ0n) is 15.6. The highest BCUT2D eigenvalue weighted by molar-refractivity contribution is 5.81. The molecular formula is C21H25N3O2. The van der Waals surface area contributed by atoms with Crippen molar-refractivity contribution in [1.82, 2.24) is 14.5 Å². The molecule has 136 valence electrons. The fourth-order valence-corrected chi connectivity index (χ4v) is 3.17. The van der Waals surface area contributed by atoms with Gasteiger partial charge in [-0.2, -0.15) is 0 Å². The minimum atomic E-state index is 0.120. The summed E-state index contributed by atoms with van der Waals surface area (Å²) in [6, 6.07) is 15.9. The average Bonchev–Trinajstić information content (AvgIpc) is 3.00. The van der Waals surface area contributed by atoms with Crippen LogP contribution in [-0.2, 0) is 17.8 Å². The van der Waals surface area contributed by atoms with Crippen LogP contribution in [0.1, 0.15) is 25.2 Å². The predicted octanol–water partition coefficient (Wildman–Crippen LogP) is 3.50. The molecular weight excluding hydrogens is 326 g/mol. The zero-order chi connectivity index (χ0) is 18.5. The Bertz CT molecular complexity index is 880. The van der Waals surface area contributed by atoms with Gasteiger partial charge in [-0.1, -0.05) is 24.3 Å². The molecule has 0 spiro atoms. The van der Waals surface area contributed by atoms with Crippen LogP contribution in [0.5, 0.6) is 5.75 Å². The average molecular weight is 351 g/mol. The van der Waals surface area contributed by atoms with E-state index in [0.717, 1.165) is 41.3 Å². The fraction of sp³-hybridized carbons (Fsp3) is 0.333. The number of aromatic nitrogens is 2. The van der Waals surface area contributed by atoms with Crippen molar-refractivity contribution >= 4 is 16.9 Å². The van der Waals surface area contributed by atoms with E-state index in [-0.39, 0.29) is 5.91 Å². The van der Waals surface area contributed by atoms with E-state index < -0.39 is 0 Å². The van der Waals surface area contributed by atoms with Crippen LogP contribution in [0.15, 0.2) is 48.5 Å². The van der Waals surface area contributed by atoms with Gasteiger partial charge in [0.05, 0.1) is 18.1 Å². The molecule has 0 saturated carbocycles. The molecule has 0 fully saturated rings. The largest absolute Gasteiger partial charge is 0.497 e. The van der Waals surface area contributed by atoms with Crippen molar-refractivity contribution in [1.29, 1.82) is 0 Å². The number of likely N-dealkylation sites (N-methyl/N-ethyl adjacent to an activating group) is 1. The van der Waals surface area contributed by atoms with Crippen molar-refractivity contribution in [2.45, 2.75) is 26.8 Å². The Balaban J connectivity index is 1.94. The van der Waals surface area contributed by atoms with E-state index in [1.807, 2.05) is 71.8 Å². The lowest BCUT2D eigenvalue weighted by molar-refractivity contribution is -0.131. The number of fused-ring (bicyclic) bond motifs is 1. The van der Waals surface area contributed by atoms with Crippen LogP contribution in [0.2, 0.25) is 0 Å². The molecule has 0 unspecified atom stereocenters. The van der Waals surface area contributed by atoms with Gasteiger partial charge in [-0.25, -0.2) is 4.98 Å².